The van der Waals surface area contributed by atoms with E-state index < -0.39 is 27.2 Å². The topological polar surface area (TPSA) is 51.2 Å². The van der Waals surface area contributed by atoms with Gasteiger partial charge in [-0.1, -0.05) is 29.8 Å². The van der Waals surface area contributed by atoms with Crippen LogP contribution in [0.5, 0.6) is 0 Å². The molecule has 2 rings (SSSR count). The minimum absolute atomic E-state index is 0.179. The summed E-state index contributed by atoms with van der Waals surface area (Å²) in [5.74, 6) is -1.74. The van der Waals surface area contributed by atoms with Crippen molar-refractivity contribution in [3.05, 3.63) is 71.0 Å². The van der Waals surface area contributed by atoms with E-state index in [2.05, 4.69) is 0 Å². The molecule has 0 unspecified atom stereocenters. The normalized spacial score (nSPS) is 11.3. The van der Waals surface area contributed by atoms with Crippen LogP contribution in [0.3, 0.4) is 0 Å². The highest BCUT2D eigenvalue weighted by atomic mass is 32.2. The molecular formula is C16H15FO3S. The van der Waals surface area contributed by atoms with Crippen LogP contribution in [0.15, 0.2) is 48.5 Å². The molecule has 0 fully saturated rings. The molecule has 0 heterocycles. The van der Waals surface area contributed by atoms with Gasteiger partial charge in [-0.25, -0.2) is 12.8 Å². The van der Waals surface area contributed by atoms with Gasteiger partial charge in [-0.15, -0.1) is 0 Å². The second kappa shape index (κ2) is 6.18. The van der Waals surface area contributed by atoms with Gasteiger partial charge in [-0.3, -0.25) is 4.79 Å². The largest absolute Gasteiger partial charge is 0.293 e. The van der Waals surface area contributed by atoms with Gasteiger partial charge in [-0.2, -0.15) is 0 Å². The first kappa shape index (κ1) is 15.4. The Morgan fingerprint density at radius 1 is 1.10 bits per heavy atom. The lowest BCUT2D eigenvalue weighted by Crippen LogP contribution is -2.18. The van der Waals surface area contributed by atoms with Crippen molar-refractivity contribution in [1.29, 1.82) is 0 Å². The first-order chi connectivity index (χ1) is 9.85. The van der Waals surface area contributed by atoms with Crippen LogP contribution in [-0.4, -0.2) is 20.0 Å². The molecule has 0 radical (unpaired) electrons. The molecule has 0 saturated heterocycles. The maximum atomic E-state index is 12.8. The SMILES string of the molecule is Cc1cccc(CS(=O)(=O)CC(=O)c2ccc(F)cc2)c1. The quantitative estimate of drug-likeness (QED) is 0.798. The average molecular weight is 306 g/mol. The third-order valence-corrected chi connectivity index (χ3v) is 4.46. The molecule has 0 saturated carbocycles. The van der Waals surface area contributed by atoms with Gasteiger partial charge in [0.15, 0.2) is 15.6 Å². The van der Waals surface area contributed by atoms with Crippen molar-refractivity contribution in [3.63, 3.8) is 0 Å². The van der Waals surface area contributed by atoms with Crippen LogP contribution < -0.4 is 0 Å². The molecule has 0 atom stereocenters. The number of ketones is 1. The standard InChI is InChI=1S/C16H15FO3S/c1-12-3-2-4-13(9-12)10-21(19,20)11-16(18)14-5-7-15(17)8-6-14/h2-9H,10-11H2,1H3. The molecule has 0 bridgehead atoms. The van der Waals surface area contributed by atoms with E-state index in [0.717, 1.165) is 17.7 Å². The summed E-state index contributed by atoms with van der Waals surface area (Å²) in [7, 11) is -3.55. The molecule has 0 N–H and O–H groups in total. The van der Waals surface area contributed by atoms with E-state index in [4.69, 9.17) is 0 Å². The molecule has 0 aliphatic heterocycles. The van der Waals surface area contributed by atoms with Crippen molar-refractivity contribution in [3.8, 4) is 0 Å². The van der Waals surface area contributed by atoms with E-state index in [1.54, 1.807) is 18.2 Å². The van der Waals surface area contributed by atoms with E-state index in [9.17, 15) is 17.6 Å². The van der Waals surface area contributed by atoms with E-state index in [0.29, 0.717) is 5.56 Å². The van der Waals surface area contributed by atoms with Gasteiger partial charge < -0.3 is 0 Å². The molecule has 0 amide bonds. The van der Waals surface area contributed by atoms with Crippen LogP contribution in [-0.2, 0) is 15.6 Å². The number of carbonyl (C=O) groups excluding carboxylic acids is 1. The summed E-state index contributed by atoms with van der Waals surface area (Å²) in [5, 5.41) is 0. The maximum absolute atomic E-state index is 12.8. The Labute approximate surface area is 123 Å². The third-order valence-electron chi connectivity index (χ3n) is 2.99. The molecule has 0 aromatic heterocycles. The van der Waals surface area contributed by atoms with Crippen molar-refractivity contribution in [2.45, 2.75) is 12.7 Å². The second-order valence-electron chi connectivity index (χ2n) is 4.95. The Balaban J connectivity index is 2.10. The van der Waals surface area contributed by atoms with Gasteiger partial charge in [0.1, 0.15) is 11.6 Å². The molecule has 5 heteroatoms. The van der Waals surface area contributed by atoms with Gasteiger partial charge in [0, 0.05) is 5.56 Å². The summed E-state index contributed by atoms with van der Waals surface area (Å²) in [6.45, 7) is 1.87. The van der Waals surface area contributed by atoms with Gasteiger partial charge in [0.05, 0.1) is 5.75 Å². The Kier molecular flexibility index (Phi) is 4.53. The molecule has 2 aromatic rings. The van der Waals surface area contributed by atoms with E-state index in [1.165, 1.54) is 12.1 Å². The summed E-state index contributed by atoms with van der Waals surface area (Å²) >= 11 is 0. The van der Waals surface area contributed by atoms with Crippen molar-refractivity contribution in [1.82, 2.24) is 0 Å². The first-order valence-corrected chi connectivity index (χ1v) is 8.22. The minimum atomic E-state index is -3.55. The number of benzene rings is 2. The molecule has 0 aliphatic rings. The fourth-order valence-corrected chi connectivity index (χ4v) is 3.38. The number of carbonyl (C=O) groups is 1. The molecule has 0 spiro atoms. The average Bonchev–Trinajstić information content (AvgIpc) is 2.38. The number of Topliss-reactive ketones (excluding diaryl/α,β-unsaturated/α-hetero) is 1. The number of halogens is 1. The first-order valence-electron chi connectivity index (χ1n) is 6.40. The summed E-state index contributed by atoms with van der Waals surface area (Å²) in [6.07, 6.45) is 0. The monoisotopic (exact) mass is 306 g/mol. The van der Waals surface area contributed by atoms with Crippen LogP contribution in [0.2, 0.25) is 0 Å². The zero-order valence-electron chi connectivity index (χ0n) is 11.5. The predicted molar refractivity (Wildman–Crippen MR) is 79.4 cm³/mol. The molecule has 3 nitrogen and oxygen atoms in total. The van der Waals surface area contributed by atoms with Crippen LogP contribution in [0.1, 0.15) is 21.5 Å². The highest BCUT2D eigenvalue weighted by molar-refractivity contribution is 7.91. The smallest absolute Gasteiger partial charge is 0.177 e. The van der Waals surface area contributed by atoms with Crippen molar-refractivity contribution in [2.24, 2.45) is 0 Å². The lowest BCUT2D eigenvalue weighted by atomic mass is 10.1. The molecule has 0 aliphatic carbocycles. The molecular weight excluding hydrogens is 291 g/mol. The van der Waals surface area contributed by atoms with E-state index >= 15 is 0 Å². The zero-order chi connectivity index (χ0) is 15.5. The minimum Gasteiger partial charge on any atom is -0.293 e. The third kappa shape index (κ3) is 4.49. The van der Waals surface area contributed by atoms with Crippen LogP contribution in [0.25, 0.3) is 0 Å². The number of hydrogen-bond donors (Lipinski definition) is 0. The molecule has 21 heavy (non-hydrogen) atoms. The van der Waals surface area contributed by atoms with Gasteiger partial charge in [-0.05, 0) is 36.8 Å². The summed E-state index contributed by atoms with van der Waals surface area (Å²) in [6, 6.07) is 12.0. The predicted octanol–water partition coefficient (Wildman–Crippen LogP) is 2.93. The maximum Gasteiger partial charge on any atom is 0.177 e. The highest BCUT2D eigenvalue weighted by Crippen LogP contribution is 2.11. The molecule has 2 aromatic carbocycles. The Bertz CT molecular complexity index is 749. The lowest BCUT2D eigenvalue weighted by molar-refractivity contribution is 0.102. The molecule has 110 valence electrons. The number of hydrogen-bond acceptors (Lipinski definition) is 3. The van der Waals surface area contributed by atoms with E-state index in [-0.39, 0.29) is 11.3 Å². The fourth-order valence-electron chi connectivity index (χ4n) is 2.03. The Hall–Kier alpha value is -2.01. The van der Waals surface area contributed by atoms with E-state index in [1.807, 2.05) is 13.0 Å². The van der Waals surface area contributed by atoms with Crippen LogP contribution in [0.4, 0.5) is 4.39 Å². The van der Waals surface area contributed by atoms with Gasteiger partial charge in [0.2, 0.25) is 0 Å². The summed E-state index contributed by atoms with van der Waals surface area (Å²) < 4.78 is 36.9. The van der Waals surface area contributed by atoms with Crippen molar-refractivity contribution in [2.75, 3.05) is 5.75 Å². The number of aryl methyl sites for hydroxylation is 1. The fraction of sp³-hybridized carbons (Fsp3) is 0.188. The van der Waals surface area contributed by atoms with Gasteiger partial charge in [0.25, 0.3) is 0 Å². The summed E-state index contributed by atoms with van der Waals surface area (Å²) in [5.41, 5.74) is 1.82. The highest BCUT2D eigenvalue weighted by Gasteiger charge is 2.18. The zero-order valence-corrected chi connectivity index (χ0v) is 12.4. The number of rotatable bonds is 5. The van der Waals surface area contributed by atoms with Crippen LogP contribution in [0, 0.1) is 12.7 Å². The lowest BCUT2D eigenvalue weighted by Gasteiger charge is -2.05. The van der Waals surface area contributed by atoms with Gasteiger partial charge >= 0.3 is 0 Å². The number of sulfone groups is 1. The Morgan fingerprint density at radius 2 is 1.76 bits per heavy atom. The van der Waals surface area contributed by atoms with Crippen LogP contribution >= 0.6 is 0 Å². The Morgan fingerprint density at radius 3 is 2.38 bits per heavy atom. The van der Waals surface area contributed by atoms with Crippen molar-refractivity contribution < 1.29 is 17.6 Å². The van der Waals surface area contributed by atoms with Crippen molar-refractivity contribution >= 4 is 15.6 Å². The second-order valence-corrected chi connectivity index (χ2v) is 7.02. The summed E-state index contributed by atoms with van der Waals surface area (Å²) in [4.78, 5) is 11.9.